The summed E-state index contributed by atoms with van der Waals surface area (Å²) >= 11 is 18.6. The van der Waals surface area contributed by atoms with E-state index in [0.717, 1.165) is 4.88 Å². The van der Waals surface area contributed by atoms with Gasteiger partial charge in [0.15, 0.2) is 5.11 Å². The van der Waals surface area contributed by atoms with Crippen LogP contribution in [0.25, 0.3) is 6.08 Å². The largest absolute Gasteiger partial charge is 0.298 e. The fourth-order valence-electron chi connectivity index (χ4n) is 2.05. The summed E-state index contributed by atoms with van der Waals surface area (Å²) in [6.45, 7) is 0. The molecular weight excluding hydrogens is 375 g/mol. The molecule has 0 spiro atoms. The fraction of sp³-hybridized carbons (Fsp3) is 0. The Morgan fingerprint density at radius 3 is 2.65 bits per heavy atom. The van der Waals surface area contributed by atoms with E-state index in [2.05, 4.69) is 5.32 Å². The van der Waals surface area contributed by atoms with Gasteiger partial charge in [0.25, 0.3) is 11.8 Å². The van der Waals surface area contributed by atoms with Gasteiger partial charge >= 0.3 is 0 Å². The van der Waals surface area contributed by atoms with Crippen molar-refractivity contribution in [1.82, 2.24) is 5.32 Å². The molecule has 0 bridgehead atoms. The van der Waals surface area contributed by atoms with Gasteiger partial charge in [0, 0.05) is 9.90 Å². The van der Waals surface area contributed by atoms with Gasteiger partial charge in [-0.05, 0) is 47.9 Å². The molecule has 2 amide bonds. The highest BCUT2D eigenvalue weighted by Crippen LogP contribution is 2.31. The summed E-state index contributed by atoms with van der Waals surface area (Å²) in [7, 11) is 0. The second-order valence-electron chi connectivity index (χ2n) is 4.57. The maximum atomic E-state index is 12.7. The molecule has 1 saturated heterocycles. The Morgan fingerprint density at radius 1 is 1.22 bits per heavy atom. The number of carbonyl (C=O) groups excluding carboxylic acids is 2. The molecule has 3 rings (SSSR count). The summed E-state index contributed by atoms with van der Waals surface area (Å²) in [4.78, 5) is 26.8. The Kier molecular flexibility index (Phi) is 4.50. The Balaban J connectivity index is 2.05. The lowest BCUT2D eigenvalue weighted by molar-refractivity contribution is -0.122. The summed E-state index contributed by atoms with van der Waals surface area (Å²) in [5.41, 5.74) is 0.357. The van der Waals surface area contributed by atoms with E-state index in [1.54, 1.807) is 12.1 Å². The van der Waals surface area contributed by atoms with Gasteiger partial charge in [-0.3, -0.25) is 19.8 Å². The first kappa shape index (κ1) is 16.1. The van der Waals surface area contributed by atoms with E-state index < -0.39 is 11.8 Å². The van der Waals surface area contributed by atoms with Gasteiger partial charge in [0.1, 0.15) is 5.57 Å². The van der Waals surface area contributed by atoms with E-state index in [9.17, 15) is 9.59 Å². The maximum absolute atomic E-state index is 12.7. The van der Waals surface area contributed by atoms with Crippen molar-refractivity contribution in [1.29, 1.82) is 0 Å². The van der Waals surface area contributed by atoms with Gasteiger partial charge in [0.2, 0.25) is 0 Å². The molecule has 0 radical (unpaired) electrons. The summed E-state index contributed by atoms with van der Waals surface area (Å²) in [6.07, 6.45) is 1.53. The van der Waals surface area contributed by atoms with E-state index in [-0.39, 0.29) is 15.7 Å². The SMILES string of the molecule is O=C1NC(=S)N(c2ccc(Cl)cc2Cl)C(=O)/C1=C\c1cccs1. The zero-order valence-corrected chi connectivity index (χ0v) is 14.5. The van der Waals surface area contributed by atoms with E-state index in [0.29, 0.717) is 10.7 Å². The average Bonchev–Trinajstić information content (AvgIpc) is 2.98. The summed E-state index contributed by atoms with van der Waals surface area (Å²) < 4.78 is 0. The normalized spacial score (nSPS) is 16.9. The van der Waals surface area contributed by atoms with Crippen LogP contribution in [-0.4, -0.2) is 16.9 Å². The first-order chi connectivity index (χ1) is 11.0. The molecule has 2 aromatic rings. The second kappa shape index (κ2) is 6.41. The standard InChI is InChI=1S/C15H8Cl2N2O2S2/c16-8-3-4-12(11(17)6-8)19-14(21)10(13(20)18-15(19)22)7-9-2-1-5-23-9/h1-7H,(H,18,20,22)/b10-7-. The molecule has 1 fully saturated rings. The Morgan fingerprint density at radius 2 is 2.00 bits per heavy atom. The van der Waals surface area contributed by atoms with Crippen molar-refractivity contribution in [3.63, 3.8) is 0 Å². The molecule has 8 heteroatoms. The zero-order chi connectivity index (χ0) is 16.6. The van der Waals surface area contributed by atoms with Crippen molar-refractivity contribution in [3.05, 3.63) is 56.2 Å². The molecule has 4 nitrogen and oxygen atoms in total. The monoisotopic (exact) mass is 382 g/mol. The first-order valence-electron chi connectivity index (χ1n) is 6.37. The van der Waals surface area contributed by atoms with Gasteiger partial charge < -0.3 is 0 Å². The van der Waals surface area contributed by atoms with Gasteiger partial charge in [-0.2, -0.15) is 0 Å². The minimum atomic E-state index is -0.533. The molecule has 0 aliphatic carbocycles. The molecular formula is C15H8Cl2N2O2S2. The van der Waals surface area contributed by atoms with Gasteiger partial charge in [-0.25, -0.2) is 0 Å². The smallest absolute Gasteiger partial charge is 0.270 e. The van der Waals surface area contributed by atoms with Crippen LogP contribution in [0.5, 0.6) is 0 Å². The number of thiocarbonyl (C=S) groups is 1. The number of halogens is 2. The lowest BCUT2D eigenvalue weighted by Crippen LogP contribution is -2.54. The van der Waals surface area contributed by atoms with Crippen LogP contribution in [0.15, 0.2) is 41.3 Å². The predicted octanol–water partition coefficient (Wildman–Crippen LogP) is 3.89. The molecule has 2 heterocycles. The van der Waals surface area contributed by atoms with Crippen LogP contribution in [0.2, 0.25) is 10.0 Å². The van der Waals surface area contributed by atoms with Crippen LogP contribution in [-0.2, 0) is 9.59 Å². The number of nitrogens with zero attached hydrogens (tertiary/aromatic N) is 1. The third-order valence-electron chi connectivity index (χ3n) is 3.08. The molecule has 23 heavy (non-hydrogen) atoms. The predicted molar refractivity (Wildman–Crippen MR) is 97.0 cm³/mol. The van der Waals surface area contributed by atoms with Crippen LogP contribution in [0.4, 0.5) is 5.69 Å². The summed E-state index contributed by atoms with van der Waals surface area (Å²) in [6, 6.07) is 8.33. The number of thiophene rings is 1. The highest BCUT2D eigenvalue weighted by Gasteiger charge is 2.35. The molecule has 1 aromatic carbocycles. The molecule has 0 saturated carbocycles. The number of anilines is 1. The zero-order valence-electron chi connectivity index (χ0n) is 11.4. The Labute approximate surface area is 151 Å². The molecule has 1 N–H and O–H groups in total. The lowest BCUT2D eigenvalue weighted by atomic mass is 10.1. The van der Waals surface area contributed by atoms with E-state index in [1.165, 1.54) is 28.4 Å². The molecule has 1 aliphatic rings. The molecule has 1 aromatic heterocycles. The van der Waals surface area contributed by atoms with Gasteiger partial charge in [-0.1, -0.05) is 29.3 Å². The third kappa shape index (κ3) is 3.16. The lowest BCUT2D eigenvalue weighted by Gasteiger charge is -2.29. The van der Waals surface area contributed by atoms with Crippen LogP contribution in [0, 0.1) is 0 Å². The summed E-state index contributed by atoms with van der Waals surface area (Å²) in [5, 5.41) is 5.04. The van der Waals surface area contributed by atoms with E-state index in [4.69, 9.17) is 35.4 Å². The van der Waals surface area contributed by atoms with Crippen molar-refractivity contribution in [2.75, 3.05) is 4.90 Å². The Hall–Kier alpha value is -1.73. The van der Waals surface area contributed by atoms with Gasteiger partial charge in [0.05, 0.1) is 10.7 Å². The van der Waals surface area contributed by atoms with Crippen LogP contribution in [0.1, 0.15) is 4.88 Å². The Bertz CT molecular complexity index is 847. The summed E-state index contributed by atoms with van der Waals surface area (Å²) in [5.74, 6) is -1.06. The van der Waals surface area contributed by atoms with E-state index >= 15 is 0 Å². The number of carbonyl (C=O) groups is 2. The number of benzene rings is 1. The first-order valence-corrected chi connectivity index (χ1v) is 8.42. The fourth-order valence-corrected chi connectivity index (χ4v) is 3.48. The number of hydrogen-bond acceptors (Lipinski definition) is 4. The number of hydrogen-bond donors (Lipinski definition) is 1. The van der Waals surface area contributed by atoms with Crippen molar-refractivity contribution in [3.8, 4) is 0 Å². The van der Waals surface area contributed by atoms with Crippen molar-refractivity contribution in [2.45, 2.75) is 0 Å². The van der Waals surface area contributed by atoms with E-state index in [1.807, 2.05) is 17.5 Å². The molecule has 116 valence electrons. The van der Waals surface area contributed by atoms with Crippen LogP contribution >= 0.6 is 46.8 Å². The molecule has 1 aliphatic heterocycles. The molecule has 0 unspecified atom stereocenters. The minimum Gasteiger partial charge on any atom is -0.298 e. The molecule has 0 atom stereocenters. The number of amides is 2. The topological polar surface area (TPSA) is 49.4 Å². The average molecular weight is 383 g/mol. The number of nitrogens with one attached hydrogen (secondary N) is 1. The third-order valence-corrected chi connectivity index (χ3v) is 4.72. The highest BCUT2D eigenvalue weighted by molar-refractivity contribution is 7.80. The van der Waals surface area contributed by atoms with Crippen molar-refractivity contribution < 1.29 is 9.59 Å². The van der Waals surface area contributed by atoms with Crippen LogP contribution in [0.3, 0.4) is 0 Å². The second-order valence-corrected chi connectivity index (χ2v) is 6.78. The van der Waals surface area contributed by atoms with Crippen molar-refractivity contribution >= 4 is 75.4 Å². The quantitative estimate of drug-likeness (QED) is 0.486. The number of rotatable bonds is 2. The van der Waals surface area contributed by atoms with Crippen LogP contribution < -0.4 is 10.2 Å². The highest BCUT2D eigenvalue weighted by atomic mass is 35.5. The van der Waals surface area contributed by atoms with Gasteiger partial charge in [-0.15, -0.1) is 11.3 Å². The maximum Gasteiger partial charge on any atom is 0.270 e. The van der Waals surface area contributed by atoms with Crippen molar-refractivity contribution in [2.24, 2.45) is 0 Å². The minimum absolute atomic E-state index is 0.00735.